The van der Waals surface area contributed by atoms with Crippen molar-refractivity contribution in [2.75, 3.05) is 45.4 Å². The topological polar surface area (TPSA) is 30.5 Å². The second kappa shape index (κ2) is 14.2. The third kappa shape index (κ3) is 14.2. The van der Waals surface area contributed by atoms with Crippen LogP contribution in [0.1, 0.15) is 26.2 Å². The van der Waals surface area contributed by atoms with E-state index in [1.54, 1.807) is 0 Å². The van der Waals surface area contributed by atoms with Crippen LogP contribution in [0.2, 0.25) is 0 Å². The van der Waals surface area contributed by atoms with Crippen LogP contribution in [0.15, 0.2) is 0 Å². The van der Waals surface area contributed by atoms with E-state index in [9.17, 15) is 0 Å². The van der Waals surface area contributed by atoms with Gasteiger partial charge < -0.3 is 14.8 Å². The maximum absolute atomic E-state index is 5.47. The van der Waals surface area contributed by atoms with Crippen LogP contribution in [0.3, 0.4) is 0 Å². The number of alkyl halides is 1. The highest BCUT2D eigenvalue weighted by Crippen LogP contribution is 1.87. The Balaban J connectivity index is 2.81. The molecular formula is C11H24ClNO2. The van der Waals surface area contributed by atoms with Crippen molar-refractivity contribution in [3.8, 4) is 0 Å². The van der Waals surface area contributed by atoms with Crippen LogP contribution in [0.5, 0.6) is 0 Å². The number of unbranched alkanes of at least 4 members (excludes halogenated alkanes) is 1. The van der Waals surface area contributed by atoms with Crippen molar-refractivity contribution in [1.29, 1.82) is 0 Å². The second-order valence-electron chi connectivity index (χ2n) is 3.37. The van der Waals surface area contributed by atoms with Gasteiger partial charge in [-0.15, -0.1) is 11.6 Å². The van der Waals surface area contributed by atoms with E-state index in [2.05, 4.69) is 12.2 Å². The summed E-state index contributed by atoms with van der Waals surface area (Å²) in [5, 5.41) is 3.30. The Kier molecular flexibility index (Phi) is 14.3. The minimum atomic E-state index is 0.582. The molecule has 0 saturated carbocycles. The van der Waals surface area contributed by atoms with Gasteiger partial charge in [0.05, 0.1) is 13.2 Å². The van der Waals surface area contributed by atoms with Crippen LogP contribution in [0.4, 0.5) is 0 Å². The maximum Gasteiger partial charge on any atom is 0.0601 e. The molecule has 0 bridgehead atoms. The first-order valence-corrected chi connectivity index (χ1v) is 6.37. The smallest absolute Gasteiger partial charge is 0.0601 e. The SMILES string of the molecule is CCCCOCCNCCCOCCCl. The van der Waals surface area contributed by atoms with Gasteiger partial charge in [-0.1, -0.05) is 13.3 Å². The van der Waals surface area contributed by atoms with Crippen LogP contribution in [0.25, 0.3) is 0 Å². The summed E-state index contributed by atoms with van der Waals surface area (Å²) in [6.07, 6.45) is 3.39. The van der Waals surface area contributed by atoms with Gasteiger partial charge >= 0.3 is 0 Å². The predicted molar refractivity (Wildman–Crippen MR) is 64.8 cm³/mol. The number of halogens is 1. The highest BCUT2D eigenvalue weighted by atomic mass is 35.5. The molecule has 0 unspecified atom stereocenters. The van der Waals surface area contributed by atoms with E-state index in [1.165, 1.54) is 6.42 Å². The summed E-state index contributed by atoms with van der Waals surface area (Å²) in [5.41, 5.74) is 0. The Labute approximate surface area is 98.5 Å². The van der Waals surface area contributed by atoms with Crippen molar-refractivity contribution in [2.45, 2.75) is 26.2 Å². The van der Waals surface area contributed by atoms with Gasteiger partial charge in [-0.05, 0) is 19.4 Å². The zero-order valence-corrected chi connectivity index (χ0v) is 10.5. The molecule has 0 spiro atoms. The van der Waals surface area contributed by atoms with Crippen LogP contribution < -0.4 is 5.32 Å². The number of ether oxygens (including phenoxy) is 2. The lowest BCUT2D eigenvalue weighted by Gasteiger charge is -2.05. The fourth-order valence-corrected chi connectivity index (χ4v) is 1.18. The van der Waals surface area contributed by atoms with E-state index in [4.69, 9.17) is 21.1 Å². The number of rotatable bonds is 12. The lowest BCUT2D eigenvalue weighted by Crippen LogP contribution is -2.22. The zero-order valence-electron chi connectivity index (χ0n) is 9.77. The van der Waals surface area contributed by atoms with E-state index in [1.807, 2.05) is 0 Å². The van der Waals surface area contributed by atoms with Crippen molar-refractivity contribution in [3.63, 3.8) is 0 Å². The Morgan fingerprint density at radius 2 is 1.67 bits per heavy atom. The first-order valence-electron chi connectivity index (χ1n) is 5.84. The van der Waals surface area contributed by atoms with E-state index in [0.717, 1.165) is 45.8 Å². The molecule has 0 aliphatic carbocycles. The molecule has 0 aromatic carbocycles. The minimum Gasteiger partial charge on any atom is -0.380 e. The monoisotopic (exact) mass is 237 g/mol. The van der Waals surface area contributed by atoms with Crippen molar-refractivity contribution >= 4 is 11.6 Å². The van der Waals surface area contributed by atoms with Crippen molar-refractivity contribution in [1.82, 2.24) is 5.32 Å². The third-order valence-corrected chi connectivity index (χ3v) is 2.08. The molecule has 0 amide bonds. The highest BCUT2D eigenvalue weighted by Gasteiger charge is 1.90. The third-order valence-electron chi connectivity index (χ3n) is 1.93. The van der Waals surface area contributed by atoms with E-state index in [0.29, 0.717) is 12.5 Å². The molecule has 92 valence electrons. The van der Waals surface area contributed by atoms with Gasteiger partial charge in [0.15, 0.2) is 0 Å². The zero-order chi connectivity index (χ0) is 11.2. The first kappa shape index (κ1) is 15.2. The molecule has 0 aliphatic rings. The number of hydrogen-bond acceptors (Lipinski definition) is 3. The lowest BCUT2D eigenvalue weighted by atomic mass is 10.4. The summed E-state index contributed by atoms with van der Waals surface area (Å²) in [5.74, 6) is 0.582. The Morgan fingerprint density at radius 1 is 0.933 bits per heavy atom. The summed E-state index contributed by atoms with van der Waals surface area (Å²) >= 11 is 5.47. The summed E-state index contributed by atoms with van der Waals surface area (Å²) in [6, 6.07) is 0. The molecule has 1 N–H and O–H groups in total. The molecule has 0 heterocycles. The Hall–Kier alpha value is 0.170. The van der Waals surface area contributed by atoms with Crippen molar-refractivity contribution in [3.05, 3.63) is 0 Å². The van der Waals surface area contributed by atoms with Gasteiger partial charge in [0.1, 0.15) is 0 Å². The molecule has 0 rings (SSSR count). The van der Waals surface area contributed by atoms with Gasteiger partial charge in [-0.3, -0.25) is 0 Å². The molecule has 3 nitrogen and oxygen atoms in total. The molecule has 4 heteroatoms. The summed E-state index contributed by atoms with van der Waals surface area (Å²) in [7, 11) is 0. The molecule has 0 saturated heterocycles. The van der Waals surface area contributed by atoms with Gasteiger partial charge in [-0.25, -0.2) is 0 Å². The fraction of sp³-hybridized carbons (Fsp3) is 1.00. The predicted octanol–water partition coefficient (Wildman–Crippen LogP) is 2.04. The van der Waals surface area contributed by atoms with Crippen LogP contribution in [-0.4, -0.2) is 45.4 Å². The van der Waals surface area contributed by atoms with E-state index in [-0.39, 0.29) is 0 Å². The van der Waals surface area contributed by atoms with Gasteiger partial charge in [-0.2, -0.15) is 0 Å². The molecule has 0 aromatic rings. The van der Waals surface area contributed by atoms with E-state index >= 15 is 0 Å². The standard InChI is InChI=1S/C11H24ClNO2/c1-2-3-8-15-11-7-13-6-4-9-14-10-5-12/h13H,2-11H2,1H3. The molecule has 0 fully saturated rings. The molecule has 0 radical (unpaired) electrons. The van der Waals surface area contributed by atoms with Gasteiger partial charge in [0, 0.05) is 25.6 Å². The molecular weight excluding hydrogens is 214 g/mol. The van der Waals surface area contributed by atoms with E-state index < -0.39 is 0 Å². The van der Waals surface area contributed by atoms with Crippen molar-refractivity contribution < 1.29 is 9.47 Å². The summed E-state index contributed by atoms with van der Waals surface area (Å²) < 4.78 is 10.6. The molecule has 15 heavy (non-hydrogen) atoms. The largest absolute Gasteiger partial charge is 0.380 e. The molecule has 0 aromatic heterocycles. The minimum absolute atomic E-state index is 0.582. The van der Waals surface area contributed by atoms with Gasteiger partial charge in [0.2, 0.25) is 0 Å². The average molecular weight is 238 g/mol. The fourth-order valence-electron chi connectivity index (χ4n) is 1.07. The summed E-state index contributed by atoms with van der Waals surface area (Å²) in [4.78, 5) is 0. The lowest BCUT2D eigenvalue weighted by molar-refractivity contribution is 0.129. The van der Waals surface area contributed by atoms with Crippen LogP contribution in [-0.2, 0) is 9.47 Å². The van der Waals surface area contributed by atoms with Crippen LogP contribution in [0, 0.1) is 0 Å². The molecule has 0 atom stereocenters. The highest BCUT2D eigenvalue weighted by molar-refractivity contribution is 6.17. The number of hydrogen-bond donors (Lipinski definition) is 1. The summed E-state index contributed by atoms with van der Waals surface area (Å²) in [6.45, 7) is 7.22. The number of nitrogens with one attached hydrogen (secondary N) is 1. The Morgan fingerprint density at radius 3 is 2.40 bits per heavy atom. The van der Waals surface area contributed by atoms with Gasteiger partial charge in [0.25, 0.3) is 0 Å². The van der Waals surface area contributed by atoms with Crippen LogP contribution >= 0.6 is 11.6 Å². The maximum atomic E-state index is 5.47. The van der Waals surface area contributed by atoms with Crippen molar-refractivity contribution in [2.24, 2.45) is 0 Å². The molecule has 0 aliphatic heterocycles. The first-order chi connectivity index (χ1) is 7.41. The normalized spacial score (nSPS) is 10.8. The quantitative estimate of drug-likeness (QED) is 0.416. The Bertz CT molecular complexity index is 103. The average Bonchev–Trinajstić information content (AvgIpc) is 2.26. The second-order valence-corrected chi connectivity index (χ2v) is 3.75.